The van der Waals surface area contributed by atoms with Crippen molar-refractivity contribution < 1.29 is 22.8 Å². The predicted molar refractivity (Wildman–Crippen MR) is 75.1 cm³/mol. The van der Waals surface area contributed by atoms with Gasteiger partial charge in [-0.3, -0.25) is 9.59 Å². The van der Waals surface area contributed by atoms with Crippen molar-refractivity contribution in [3.05, 3.63) is 28.8 Å². The number of thiocyanates is 1. The fourth-order valence-electron chi connectivity index (χ4n) is 2.08. The number of anilines is 1. The summed E-state index contributed by atoms with van der Waals surface area (Å²) in [4.78, 5) is 24.8. The first-order valence-electron chi connectivity index (χ1n) is 6.00. The van der Waals surface area contributed by atoms with Gasteiger partial charge in [0.1, 0.15) is 5.40 Å². The number of imide groups is 1. The molecule has 1 heterocycles. The van der Waals surface area contributed by atoms with E-state index < -0.39 is 29.5 Å². The lowest BCUT2D eigenvalue weighted by Crippen LogP contribution is -2.31. The van der Waals surface area contributed by atoms with Crippen LogP contribution in [0.4, 0.5) is 18.9 Å². The zero-order valence-corrected chi connectivity index (χ0v) is 12.4. The van der Waals surface area contributed by atoms with E-state index in [0.717, 1.165) is 23.9 Å². The second-order valence-corrected chi connectivity index (χ2v) is 5.75. The van der Waals surface area contributed by atoms with Crippen molar-refractivity contribution in [2.45, 2.75) is 12.6 Å². The number of alkyl halides is 3. The van der Waals surface area contributed by atoms with Gasteiger partial charge in [0, 0.05) is 12.2 Å². The van der Waals surface area contributed by atoms with Crippen LogP contribution in [0.3, 0.4) is 0 Å². The molecular weight excluding hydrogens is 341 g/mol. The predicted octanol–water partition coefficient (Wildman–Crippen LogP) is 3.45. The van der Waals surface area contributed by atoms with Crippen molar-refractivity contribution in [2.75, 3.05) is 10.7 Å². The maximum atomic E-state index is 12.8. The van der Waals surface area contributed by atoms with Crippen LogP contribution in [0.2, 0.25) is 5.02 Å². The Morgan fingerprint density at radius 2 is 2.09 bits per heavy atom. The number of benzene rings is 1. The first-order valence-corrected chi connectivity index (χ1v) is 7.36. The average molecular weight is 349 g/mol. The van der Waals surface area contributed by atoms with Gasteiger partial charge in [-0.2, -0.15) is 18.4 Å². The lowest BCUT2D eigenvalue weighted by atomic mass is 10.1. The molecule has 0 radical (unpaired) electrons. The quantitative estimate of drug-likeness (QED) is 0.620. The Labute approximate surface area is 132 Å². The molecule has 0 spiro atoms. The molecular formula is C13H8ClF3N2O2S. The molecule has 2 amide bonds. The highest BCUT2D eigenvalue weighted by Crippen LogP contribution is 2.38. The summed E-state index contributed by atoms with van der Waals surface area (Å²) in [6, 6.07) is 2.45. The largest absolute Gasteiger partial charge is 0.416 e. The number of carbonyl (C=O) groups is 2. The summed E-state index contributed by atoms with van der Waals surface area (Å²) in [5.74, 6) is -1.90. The van der Waals surface area contributed by atoms with Gasteiger partial charge in [-0.25, -0.2) is 4.90 Å². The molecule has 0 saturated carbocycles. The fourth-order valence-corrected chi connectivity index (χ4v) is 2.81. The van der Waals surface area contributed by atoms with Crippen LogP contribution in [0, 0.1) is 16.6 Å². The smallest absolute Gasteiger partial charge is 0.274 e. The van der Waals surface area contributed by atoms with Gasteiger partial charge >= 0.3 is 6.18 Å². The van der Waals surface area contributed by atoms with Crippen LogP contribution in [0.1, 0.15) is 12.0 Å². The fraction of sp³-hybridized carbons (Fsp3) is 0.308. The van der Waals surface area contributed by atoms with E-state index in [4.69, 9.17) is 16.9 Å². The first kappa shape index (κ1) is 16.6. The summed E-state index contributed by atoms with van der Waals surface area (Å²) in [5.41, 5.74) is -1.28. The van der Waals surface area contributed by atoms with Crippen LogP contribution in [0.25, 0.3) is 0 Å². The summed E-state index contributed by atoms with van der Waals surface area (Å²) >= 11 is 6.65. The van der Waals surface area contributed by atoms with E-state index in [1.165, 1.54) is 0 Å². The molecule has 22 heavy (non-hydrogen) atoms. The molecule has 9 heteroatoms. The summed E-state index contributed by atoms with van der Waals surface area (Å²) in [6.45, 7) is 0. The van der Waals surface area contributed by atoms with Crippen LogP contribution < -0.4 is 4.90 Å². The van der Waals surface area contributed by atoms with Crippen LogP contribution in [-0.4, -0.2) is 17.6 Å². The van der Waals surface area contributed by atoms with Crippen LogP contribution in [0.5, 0.6) is 0 Å². The number of nitriles is 1. The molecule has 0 bridgehead atoms. The minimum Gasteiger partial charge on any atom is -0.274 e. The van der Waals surface area contributed by atoms with Gasteiger partial charge < -0.3 is 0 Å². The Balaban J connectivity index is 2.37. The summed E-state index contributed by atoms with van der Waals surface area (Å²) in [5, 5.41) is 10.2. The molecule has 1 fully saturated rings. The van der Waals surface area contributed by atoms with Crippen LogP contribution in [0.15, 0.2) is 18.2 Å². The van der Waals surface area contributed by atoms with Crippen molar-refractivity contribution in [1.29, 1.82) is 5.26 Å². The first-order chi connectivity index (χ1) is 10.3. The number of amides is 2. The normalized spacial score (nSPS) is 18.7. The summed E-state index contributed by atoms with van der Waals surface area (Å²) in [7, 11) is 0. The maximum absolute atomic E-state index is 12.8. The van der Waals surface area contributed by atoms with Crippen LogP contribution in [-0.2, 0) is 15.8 Å². The third-order valence-electron chi connectivity index (χ3n) is 3.10. The van der Waals surface area contributed by atoms with E-state index in [1.54, 1.807) is 5.40 Å². The molecule has 1 aromatic rings. The average Bonchev–Trinajstić information content (AvgIpc) is 2.71. The maximum Gasteiger partial charge on any atom is 0.416 e. The highest BCUT2D eigenvalue weighted by molar-refractivity contribution is 8.03. The van der Waals surface area contributed by atoms with E-state index in [0.29, 0.717) is 11.0 Å². The van der Waals surface area contributed by atoms with Gasteiger partial charge in [0.25, 0.3) is 0 Å². The molecule has 0 aliphatic carbocycles. The molecule has 1 aliphatic heterocycles. The van der Waals surface area contributed by atoms with E-state index in [-0.39, 0.29) is 22.9 Å². The molecule has 4 nitrogen and oxygen atoms in total. The molecule has 2 rings (SSSR count). The third kappa shape index (κ3) is 3.20. The van der Waals surface area contributed by atoms with E-state index >= 15 is 0 Å². The van der Waals surface area contributed by atoms with Crippen molar-refractivity contribution in [3.63, 3.8) is 0 Å². The third-order valence-corrected chi connectivity index (χ3v) is 4.12. The Morgan fingerprint density at radius 3 is 2.68 bits per heavy atom. The summed E-state index contributed by atoms with van der Waals surface area (Å²) in [6.07, 6.45) is -4.76. The minimum atomic E-state index is -4.61. The lowest BCUT2D eigenvalue weighted by Gasteiger charge is -2.18. The monoisotopic (exact) mass is 348 g/mol. The van der Waals surface area contributed by atoms with Gasteiger partial charge in [-0.1, -0.05) is 11.6 Å². The van der Waals surface area contributed by atoms with Gasteiger partial charge in [0.15, 0.2) is 0 Å². The minimum absolute atomic E-state index is 0.105. The van der Waals surface area contributed by atoms with Gasteiger partial charge in [0.2, 0.25) is 11.8 Å². The Bertz CT molecular complexity index is 672. The summed E-state index contributed by atoms with van der Waals surface area (Å²) < 4.78 is 38.3. The molecule has 0 aromatic heterocycles. The zero-order valence-electron chi connectivity index (χ0n) is 10.9. The lowest BCUT2D eigenvalue weighted by molar-refractivity contribution is -0.137. The van der Waals surface area contributed by atoms with Crippen molar-refractivity contribution in [1.82, 2.24) is 0 Å². The number of hydrogen-bond acceptors (Lipinski definition) is 4. The molecule has 116 valence electrons. The number of hydrogen-bond donors (Lipinski definition) is 0. The van der Waals surface area contributed by atoms with Gasteiger partial charge in [-0.15, -0.1) is 0 Å². The Kier molecular flexibility index (Phi) is 4.68. The van der Waals surface area contributed by atoms with Crippen molar-refractivity contribution in [3.8, 4) is 5.40 Å². The molecule has 1 aliphatic rings. The molecule has 1 aromatic carbocycles. The van der Waals surface area contributed by atoms with Crippen LogP contribution >= 0.6 is 23.4 Å². The molecule has 0 N–H and O–H groups in total. The second kappa shape index (κ2) is 6.18. The van der Waals surface area contributed by atoms with E-state index in [1.807, 2.05) is 0 Å². The number of rotatable bonds is 3. The van der Waals surface area contributed by atoms with E-state index in [2.05, 4.69) is 0 Å². The number of carbonyl (C=O) groups excluding carboxylic acids is 2. The molecule has 1 atom stereocenters. The Hall–Kier alpha value is -1.72. The highest BCUT2D eigenvalue weighted by atomic mass is 35.5. The zero-order chi connectivity index (χ0) is 16.5. The highest BCUT2D eigenvalue weighted by Gasteiger charge is 2.41. The molecule has 1 unspecified atom stereocenters. The van der Waals surface area contributed by atoms with Gasteiger partial charge in [-0.05, 0) is 30.0 Å². The number of nitrogens with zero attached hydrogens (tertiary/aromatic N) is 2. The van der Waals surface area contributed by atoms with Crippen molar-refractivity contribution in [2.24, 2.45) is 5.92 Å². The topological polar surface area (TPSA) is 61.2 Å². The number of halogens is 4. The SMILES string of the molecule is N#CSCC1CC(=O)N(c2cc(C(F)(F)F)ccc2Cl)C1=O. The van der Waals surface area contributed by atoms with Crippen molar-refractivity contribution >= 4 is 40.9 Å². The molecule has 1 saturated heterocycles. The van der Waals surface area contributed by atoms with Gasteiger partial charge in [0.05, 0.1) is 22.2 Å². The Morgan fingerprint density at radius 1 is 1.41 bits per heavy atom. The second-order valence-electron chi connectivity index (χ2n) is 4.53. The standard InChI is InChI=1S/C13H8ClF3N2O2S/c14-9-2-1-8(13(15,16)17)4-10(9)19-11(20)3-7(12(19)21)5-22-6-18/h1-2,4,7H,3,5H2. The van der Waals surface area contributed by atoms with E-state index in [9.17, 15) is 22.8 Å². The number of thioether (sulfide) groups is 1.